The van der Waals surface area contributed by atoms with E-state index in [4.69, 9.17) is 0 Å². The molecule has 8 heteroatoms. The predicted molar refractivity (Wildman–Crippen MR) is 73.8 cm³/mol. The quantitative estimate of drug-likeness (QED) is 0.862. The van der Waals surface area contributed by atoms with E-state index in [1.165, 1.54) is 36.0 Å². The van der Waals surface area contributed by atoms with Crippen LogP contribution in [0.25, 0.3) is 0 Å². The van der Waals surface area contributed by atoms with Gasteiger partial charge in [-0.2, -0.15) is 5.10 Å². The van der Waals surface area contributed by atoms with Crippen molar-refractivity contribution >= 4 is 21.7 Å². The van der Waals surface area contributed by atoms with Crippen LogP contribution >= 0.6 is 0 Å². The molecule has 0 atom stereocenters. The van der Waals surface area contributed by atoms with Crippen molar-refractivity contribution in [3.63, 3.8) is 0 Å². The minimum atomic E-state index is -3.71. The Balaban J connectivity index is 2.23. The maximum atomic E-state index is 12.1. The fraction of sp³-hybridized carbons (Fsp3) is 0.167. The third kappa shape index (κ3) is 2.97. The zero-order valence-electron chi connectivity index (χ0n) is 11.0. The molecule has 2 N–H and O–H groups in total. The fourth-order valence-corrected chi connectivity index (χ4v) is 2.59. The van der Waals surface area contributed by atoms with E-state index in [0.717, 1.165) is 0 Å². The summed E-state index contributed by atoms with van der Waals surface area (Å²) in [6, 6.07) is 7.19. The summed E-state index contributed by atoms with van der Waals surface area (Å²) in [7, 11) is -0.507. The van der Waals surface area contributed by atoms with Gasteiger partial charge in [0.1, 0.15) is 0 Å². The standard InChI is InChI=1S/C12H14N4O3S/c1-13-12(17)9-3-5-10(6-4-9)20(18,19)15-11-7-8-16(2)14-11/h3-8H,1-2H3,(H,13,17)(H,14,15). The van der Waals surface area contributed by atoms with Gasteiger partial charge in [0.2, 0.25) is 0 Å². The second kappa shape index (κ2) is 5.33. The molecule has 0 aliphatic rings. The Hall–Kier alpha value is -2.35. The van der Waals surface area contributed by atoms with Gasteiger partial charge in [0.05, 0.1) is 4.90 Å². The maximum Gasteiger partial charge on any atom is 0.263 e. The van der Waals surface area contributed by atoms with E-state index in [9.17, 15) is 13.2 Å². The van der Waals surface area contributed by atoms with Crippen molar-refractivity contribution < 1.29 is 13.2 Å². The van der Waals surface area contributed by atoms with Gasteiger partial charge in [-0.1, -0.05) is 0 Å². The molecule has 7 nitrogen and oxygen atoms in total. The van der Waals surface area contributed by atoms with Gasteiger partial charge in [-0.3, -0.25) is 14.2 Å². The number of amides is 1. The van der Waals surface area contributed by atoms with Gasteiger partial charge in [-0.15, -0.1) is 0 Å². The number of sulfonamides is 1. The van der Waals surface area contributed by atoms with E-state index >= 15 is 0 Å². The summed E-state index contributed by atoms with van der Waals surface area (Å²) in [4.78, 5) is 11.4. The molecule has 0 bridgehead atoms. The average molecular weight is 294 g/mol. The van der Waals surface area contributed by atoms with Gasteiger partial charge in [0, 0.05) is 31.9 Å². The van der Waals surface area contributed by atoms with Gasteiger partial charge in [-0.05, 0) is 24.3 Å². The third-order valence-electron chi connectivity index (χ3n) is 2.61. The monoisotopic (exact) mass is 294 g/mol. The van der Waals surface area contributed by atoms with Crippen molar-refractivity contribution in [2.75, 3.05) is 11.8 Å². The third-order valence-corrected chi connectivity index (χ3v) is 3.98. The lowest BCUT2D eigenvalue weighted by molar-refractivity contribution is 0.0963. The molecule has 0 fully saturated rings. The van der Waals surface area contributed by atoms with Crippen molar-refractivity contribution in [3.8, 4) is 0 Å². The number of carbonyl (C=O) groups excluding carboxylic acids is 1. The molecule has 0 spiro atoms. The van der Waals surface area contributed by atoms with E-state index in [2.05, 4.69) is 15.1 Å². The van der Waals surface area contributed by atoms with Crippen LogP contribution in [0, 0.1) is 0 Å². The Labute approximate surface area is 116 Å². The first kappa shape index (κ1) is 14.1. The highest BCUT2D eigenvalue weighted by Gasteiger charge is 2.16. The number of aromatic nitrogens is 2. The Morgan fingerprint density at radius 2 is 1.85 bits per heavy atom. The first-order valence-electron chi connectivity index (χ1n) is 5.77. The molecule has 1 heterocycles. The van der Waals surface area contributed by atoms with Crippen molar-refractivity contribution in [2.45, 2.75) is 4.90 Å². The summed E-state index contributed by atoms with van der Waals surface area (Å²) in [6.45, 7) is 0. The first-order chi connectivity index (χ1) is 9.42. The van der Waals surface area contributed by atoms with E-state index in [1.807, 2.05) is 0 Å². The summed E-state index contributed by atoms with van der Waals surface area (Å²) < 4.78 is 28.1. The molecule has 1 aromatic carbocycles. The molecule has 0 radical (unpaired) electrons. The van der Waals surface area contributed by atoms with Crippen LogP contribution in [0.5, 0.6) is 0 Å². The van der Waals surface area contributed by atoms with Crippen molar-refractivity contribution in [3.05, 3.63) is 42.1 Å². The van der Waals surface area contributed by atoms with Gasteiger partial charge < -0.3 is 5.32 Å². The lowest BCUT2D eigenvalue weighted by Crippen LogP contribution is -2.18. The molecule has 2 aromatic rings. The van der Waals surface area contributed by atoms with E-state index in [1.54, 1.807) is 19.3 Å². The van der Waals surface area contributed by atoms with E-state index < -0.39 is 10.0 Å². The Morgan fingerprint density at radius 3 is 2.35 bits per heavy atom. The molecule has 0 unspecified atom stereocenters. The van der Waals surface area contributed by atoms with Gasteiger partial charge in [0.25, 0.3) is 15.9 Å². The smallest absolute Gasteiger partial charge is 0.263 e. The van der Waals surface area contributed by atoms with Crippen LogP contribution in [0.1, 0.15) is 10.4 Å². The molecular formula is C12H14N4O3S. The van der Waals surface area contributed by atoms with Gasteiger partial charge in [-0.25, -0.2) is 8.42 Å². The number of aryl methyl sites for hydroxylation is 1. The molecule has 20 heavy (non-hydrogen) atoms. The second-order valence-corrected chi connectivity index (χ2v) is 5.77. The zero-order valence-corrected chi connectivity index (χ0v) is 11.8. The van der Waals surface area contributed by atoms with Crippen LogP contribution in [0.15, 0.2) is 41.4 Å². The Kier molecular flexibility index (Phi) is 3.75. The maximum absolute atomic E-state index is 12.1. The fourth-order valence-electron chi connectivity index (χ4n) is 1.60. The molecule has 1 amide bonds. The Bertz CT molecular complexity index is 719. The average Bonchev–Trinajstić information content (AvgIpc) is 2.82. The predicted octanol–water partition coefficient (Wildman–Crippen LogP) is 0.580. The lowest BCUT2D eigenvalue weighted by Gasteiger charge is -2.06. The first-order valence-corrected chi connectivity index (χ1v) is 7.25. The number of hydrogen-bond acceptors (Lipinski definition) is 4. The van der Waals surface area contributed by atoms with Crippen LogP contribution in [-0.2, 0) is 17.1 Å². The molecule has 0 saturated heterocycles. The van der Waals surface area contributed by atoms with Crippen LogP contribution in [0.2, 0.25) is 0 Å². The second-order valence-electron chi connectivity index (χ2n) is 4.08. The minimum Gasteiger partial charge on any atom is -0.355 e. The minimum absolute atomic E-state index is 0.0656. The number of benzene rings is 1. The number of carbonyl (C=O) groups is 1. The summed E-state index contributed by atoms with van der Waals surface area (Å²) >= 11 is 0. The largest absolute Gasteiger partial charge is 0.355 e. The SMILES string of the molecule is CNC(=O)c1ccc(S(=O)(=O)Nc2ccn(C)n2)cc1. The zero-order chi connectivity index (χ0) is 14.8. The lowest BCUT2D eigenvalue weighted by atomic mass is 10.2. The van der Waals surface area contributed by atoms with Crippen molar-refractivity contribution in [2.24, 2.45) is 7.05 Å². The van der Waals surface area contributed by atoms with Gasteiger partial charge in [0.15, 0.2) is 5.82 Å². The Morgan fingerprint density at radius 1 is 1.20 bits per heavy atom. The normalized spacial score (nSPS) is 11.1. The summed E-state index contributed by atoms with van der Waals surface area (Å²) in [5, 5.41) is 6.41. The van der Waals surface area contributed by atoms with Crippen molar-refractivity contribution in [1.82, 2.24) is 15.1 Å². The number of anilines is 1. The summed E-state index contributed by atoms with van der Waals surface area (Å²) in [5.74, 6) is -0.0329. The number of rotatable bonds is 4. The molecular weight excluding hydrogens is 280 g/mol. The molecule has 1 aromatic heterocycles. The highest BCUT2D eigenvalue weighted by atomic mass is 32.2. The summed E-state index contributed by atoms with van der Waals surface area (Å²) in [5.41, 5.74) is 0.393. The molecule has 0 saturated carbocycles. The number of nitrogens with one attached hydrogen (secondary N) is 2. The molecule has 2 rings (SSSR count). The van der Waals surface area contributed by atoms with Crippen LogP contribution in [0.4, 0.5) is 5.82 Å². The van der Waals surface area contributed by atoms with Crippen molar-refractivity contribution in [1.29, 1.82) is 0 Å². The van der Waals surface area contributed by atoms with Crippen LogP contribution in [0.3, 0.4) is 0 Å². The van der Waals surface area contributed by atoms with Gasteiger partial charge >= 0.3 is 0 Å². The number of hydrogen-bond donors (Lipinski definition) is 2. The highest BCUT2D eigenvalue weighted by molar-refractivity contribution is 7.92. The highest BCUT2D eigenvalue weighted by Crippen LogP contribution is 2.15. The van der Waals surface area contributed by atoms with E-state index in [-0.39, 0.29) is 16.6 Å². The molecule has 106 valence electrons. The van der Waals surface area contributed by atoms with E-state index in [0.29, 0.717) is 5.56 Å². The van der Waals surface area contributed by atoms with Crippen LogP contribution < -0.4 is 10.0 Å². The molecule has 0 aliphatic carbocycles. The topological polar surface area (TPSA) is 93.1 Å². The van der Waals surface area contributed by atoms with Crippen LogP contribution in [-0.4, -0.2) is 31.2 Å². The number of nitrogens with zero attached hydrogens (tertiary/aromatic N) is 2. The molecule has 0 aliphatic heterocycles. The summed E-state index contributed by atoms with van der Waals surface area (Å²) in [6.07, 6.45) is 1.63.